The van der Waals surface area contributed by atoms with Crippen LogP contribution in [0.3, 0.4) is 0 Å². The maximum absolute atomic E-state index is 12.4. The molecule has 0 fully saturated rings. The number of phenolic OH excluding ortho intramolecular Hbond substituents is 1. The first kappa shape index (κ1) is 14.4. The Morgan fingerprint density at radius 1 is 1.40 bits per heavy atom. The third-order valence-electron chi connectivity index (χ3n) is 3.44. The minimum absolute atomic E-state index is 0.0257. The smallest absolute Gasteiger partial charge is 0.173 e. The fraction of sp³-hybridized carbons (Fsp3) is 0.353. The number of phenols is 1. The topological polar surface area (TPSA) is 49.3 Å². The van der Waals surface area contributed by atoms with Crippen LogP contribution in [-0.4, -0.2) is 17.4 Å². The van der Waals surface area contributed by atoms with Crippen LogP contribution in [0.4, 0.5) is 5.69 Å². The molecule has 0 aliphatic heterocycles. The summed E-state index contributed by atoms with van der Waals surface area (Å²) < 4.78 is 0. The number of Topliss-reactive ketones (excluding diaryl/α,β-unsaturated/α-hetero) is 1. The van der Waals surface area contributed by atoms with Crippen molar-refractivity contribution >= 4 is 11.5 Å². The lowest BCUT2D eigenvalue weighted by atomic mass is 9.91. The van der Waals surface area contributed by atoms with E-state index in [-0.39, 0.29) is 17.5 Å². The van der Waals surface area contributed by atoms with Crippen LogP contribution in [0.25, 0.3) is 0 Å². The zero-order valence-electron chi connectivity index (χ0n) is 11.8. The first-order chi connectivity index (χ1) is 9.72. The van der Waals surface area contributed by atoms with Gasteiger partial charge in [0.2, 0.25) is 0 Å². The van der Waals surface area contributed by atoms with Gasteiger partial charge in [-0.3, -0.25) is 4.79 Å². The van der Waals surface area contributed by atoms with Crippen LogP contribution in [0.1, 0.15) is 36.5 Å². The molecule has 0 saturated carbocycles. The molecule has 1 unspecified atom stereocenters. The summed E-state index contributed by atoms with van der Waals surface area (Å²) >= 11 is 0. The molecule has 106 valence electrons. The molecule has 1 aromatic carbocycles. The summed E-state index contributed by atoms with van der Waals surface area (Å²) in [4.78, 5) is 12.4. The van der Waals surface area contributed by atoms with Crippen LogP contribution >= 0.6 is 0 Å². The number of nitrogens with one attached hydrogen (secondary N) is 1. The second-order valence-corrected chi connectivity index (χ2v) is 5.03. The normalized spacial score (nSPS) is 17.1. The molecule has 1 aromatic rings. The second-order valence-electron chi connectivity index (χ2n) is 5.03. The average molecular weight is 271 g/mol. The van der Waals surface area contributed by atoms with Gasteiger partial charge < -0.3 is 10.4 Å². The highest BCUT2D eigenvalue weighted by molar-refractivity contribution is 6.02. The van der Waals surface area contributed by atoms with Gasteiger partial charge >= 0.3 is 0 Å². The Hall–Kier alpha value is -2.03. The van der Waals surface area contributed by atoms with Crippen molar-refractivity contribution in [3.05, 3.63) is 48.1 Å². The van der Waals surface area contributed by atoms with Crippen LogP contribution < -0.4 is 5.32 Å². The molecule has 0 heterocycles. The van der Waals surface area contributed by atoms with Crippen molar-refractivity contribution in [1.29, 1.82) is 0 Å². The highest BCUT2D eigenvalue weighted by atomic mass is 16.3. The number of aromatic hydroxyl groups is 1. The Kier molecular flexibility index (Phi) is 4.99. The molecule has 3 nitrogen and oxygen atoms in total. The van der Waals surface area contributed by atoms with E-state index >= 15 is 0 Å². The maximum atomic E-state index is 12.4. The van der Waals surface area contributed by atoms with Gasteiger partial charge in [0.15, 0.2) is 5.78 Å². The minimum atomic E-state index is -0.170. The van der Waals surface area contributed by atoms with Crippen LogP contribution in [0.5, 0.6) is 5.75 Å². The van der Waals surface area contributed by atoms with E-state index in [4.69, 9.17) is 0 Å². The number of hydrogen-bond acceptors (Lipinski definition) is 3. The monoisotopic (exact) mass is 271 g/mol. The largest absolute Gasteiger partial charge is 0.507 e. The Morgan fingerprint density at radius 3 is 2.95 bits per heavy atom. The van der Waals surface area contributed by atoms with Crippen LogP contribution in [0.2, 0.25) is 0 Å². The van der Waals surface area contributed by atoms with Crippen molar-refractivity contribution in [2.45, 2.75) is 26.2 Å². The van der Waals surface area contributed by atoms with Gasteiger partial charge in [-0.1, -0.05) is 37.6 Å². The summed E-state index contributed by atoms with van der Waals surface area (Å²) in [6, 6.07) is 5.14. The second kappa shape index (κ2) is 6.94. The zero-order valence-corrected chi connectivity index (χ0v) is 11.8. The van der Waals surface area contributed by atoms with Crippen molar-refractivity contribution in [2.24, 2.45) is 5.92 Å². The molecule has 1 atom stereocenters. The number of hydrogen-bond donors (Lipinski definition) is 2. The molecule has 2 N–H and O–H groups in total. The molecule has 20 heavy (non-hydrogen) atoms. The predicted molar refractivity (Wildman–Crippen MR) is 82.2 cm³/mol. The number of ketones is 1. The zero-order chi connectivity index (χ0) is 14.4. The van der Waals surface area contributed by atoms with Gasteiger partial charge in [0.1, 0.15) is 5.75 Å². The Labute approximate surface area is 120 Å². The standard InChI is InChI=1S/C17H21NO2/c1-2-3-11-18-14-9-10-16(19)15(12-14)17(20)13-7-5-4-6-8-13/h4-7,9-10,12-13,18-19H,2-3,8,11H2,1H3. The van der Waals surface area contributed by atoms with Gasteiger partial charge in [0.05, 0.1) is 5.56 Å². The van der Waals surface area contributed by atoms with E-state index in [1.165, 1.54) is 0 Å². The number of allylic oxidation sites excluding steroid dienone is 4. The quantitative estimate of drug-likeness (QED) is 0.468. The molecule has 0 aromatic heterocycles. The molecule has 3 heteroatoms. The molecule has 0 saturated heterocycles. The van der Waals surface area contributed by atoms with E-state index in [1.807, 2.05) is 24.3 Å². The van der Waals surface area contributed by atoms with Gasteiger partial charge in [-0.05, 0) is 31.0 Å². The first-order valence-corrected chi connectivity index (χ1v) is 7.16. The summed E-state index contributed by atoms with van der Waals surface area (Å²) in [5.41, 5.74) is 1.28. The average Bonchev–Trinajstić information content (AvgIpc) is 2.49. The molecule has 1 aliphatic carbocycles. The van der Waals surface area contributed by atoms with E-state index in [2.05, 4.69) is 12.2 Å². The number of anilines is 1. The van der Waals surface area contributed by atoms with E-state index < -0.39 is 0 Å². The van der Waals surface area contributed by atoms with Crippen molar-refractivity contribution in [3.63, 3.8) is 0 Å². The van der Waals surface area contributed by atoms with Gasteiger partial charge in [-0.2, -0.15) is 0 Å². The molecule has 0 amide bonds. The number of unbranched alkanes of at least 4 members (excludes halogenated alkanes) is 1. The van der Waals surface area contributed by atoms with Crippen LogP contribution in [0.15, 0.2) is 42.5 Å². The molecule has 2 rings (SSSR count). The molecular weight excluding hydrogens is 250 g/mol. The number of rotatable bonds is 6. The molecule has 1 aliphatic rings. The minimum Gasteiger partial charge on any atom is -0.507 e. The predicted octanol–water partition coefficient (Wildman–Crippen LogP) is 3.92. The third-order valence-corrected chi connectivity index (χ3v) is 3.44. The Balaban J connectivity index is 2.13. The van der Waals surface area contributed by atoms with Crippen molar-refractivity contribution in [2.75, 3.05) is 11.9 Å². The SMILES string of the molecule is CCCCNc1ccc(O)c(C(=O)C2C=CC=CC2)c1. The van der Waals surface area contributed by atoms with Gasteiger partial charge in [0.25, 0.3) is 0 Å². The van der Waals surface area contributed by atoms with E-state index in [0.29, 0.717) is 12.0 Å². The molecule has 0 spiro atoms. The highest BCUT2D eigenvalue weighted by Gasteiger charge is 2.20. The Bertz CT molecular complexity index is 532. The van der Waals surface area contributed by atoms with E-state index in [1.54, 1.807) is 18.2 Å². The van der Waals surface area contributed by atoms with Crippen LogP contribution in [0, 0.1) is 5.92 Å². The number of benzene rings is 1. The fourth-order valence-corrected chi connectivity index (χ4v) is 2.23. The highest BCUT2D eigenvalue weighted by Crippen LogP contribution is 2.27. The number of carbonyl (C=O) groups is 1. The first-order valence-electron chi connectivity index (χ1n) is 7.16. The third kappa shape index (κ3) is 3.50. The van der Waals surface area contributed by atoms with E-state index in [9.17, 15) is 9.90 Å². The van der Waals surface area contributed by atoms with Crippen molar-refractivity contribution < 1.29 is 9.90 Å². The molecule has 0 radical (unpaired) electrons. The van der Waals surface area contributed by atoms with Crippen molar-refractivity contribution in [1.82, 2.24) is 0 Å². The summed E-state index contributed by atoms with van der Waals surface area (Å²) in [5.74, 6) is -0.141. The van der Waals surface area contributed by atoms with Gasteiger partial charge in [-0.25, -0.2) is 0 Å². The molecule has 0 bridgehead atoms. The Morgan fingerprint density at radius 2 is 2.25 bits per heavy atom. The lowest BCUT2D eigenvalue weighted by Crippen LogP contribution is -2.13. The summed E-state index contributed by atoms with van der Waals surface area (Å²) in [6.07, 6.45) is 10.6. The van der Waals surface area contributed by atoms with Gasteiger partial charge in [0, 0.05) is 18.2 Å². The van der Waals surface area contributed by atoms with Crippen molar-refractivity contribution in [3.8, 4) is 5.75 Å². The van der Waals surface area contributed by atoms with Gasteiger partial charge in [-0.15, -0.1) is 0 Å². The number of carbonyl (C=O) groups excluding carboxylic acids is 1. The summed E-state index contributed by atoms with van der Waals surface area (Å²) in [5, 5.41) is 13.2. The summed E-state index contributed by atoms with van der Waals surface area (Å²) in [7, 11) is 0. The summed E-state index contributed by atoms with van der Waals surface area (Å²) in [6.45, 7) is 3.01. The lowest BCUT2D eigenvalue weighted by Gasteiger charge is -2.14. The fourth-order valence-electron chi connectivity index (χ4n) is 2.23. The molecular formula is C17H21NO2. The van der Waals surface area contributed by atoms with E-state index in [0.717, 1.165) is 25.1 Å². The maximum Gasteiger partial charge on any atom is 0.173 e. The lowest BCUT2D eigenvalue weighted by molar-refractivity contribution is 0.0943. The van der Waals surface area contributed by atoms with Crippen LogP contribution in [-0.2, 0) is 0 Å².